The fourth-order valence-electron chi connectivity index (χ4n) is 2.35. The first-order valence-electron chi connectivity index (χ1n) is 7.61. The summed E-state index contributed by atoms with van der Waals surface area (Å²) in [6.45, 7) is 7.81. The summed E-state index contributed by atoms with van der Waals surface area (Å²) in [5, 5.41) is 0. The van der Waals surface area contributed by atoms with Crippen molar-refractivity contribution < 1.29 is 13.9 Å². The number of carbonyl (C=O) groups excluding carboxylic acids is 1. The van der Waals surface area contributed by atoms with Gasteiger partial charge in [-0.15, -0.1) is 0 Å². The quantitative estimate of drug-likeness (QED) is 0.293. The predicted octanol–water partition coefficient (Wildman–Crippen LogP) is 5.34. The molecule has 0 saturated carbocycles. The van der Waals surface area contributed by atoms with E-state index in [1.54, 1.807) is 0 Å². The Balaban J connectivity index is 2.62. The van der Waals surface area contributed by atoms with Gasteiger partial charge in [0, 0.05) is 0 Å². The molecule has 0 unspecified atom stereocenters. The Kier molecular flexibility index (Phi) is 7.13. The molecule has 0 radical (unpaired) electrons. The summed E-state index contributed by atoms with van der Waals surface area (Å²) in [6.07, 6.45) is 6.15. The summed E-state index contributed by atoms with van der Waals surface area (Å²) in [5.41, 5.74) is 2.78. The molecule has 0 aliphatic rings. The predicted molar refractivity (Wildman–Crippen MR) is 84.2 cm³/mol. The normalized spacial score (nSPS) is 11.6. The number of benzene rings is 1. The van der Waals surface area contributed by atoms with Crippen LogP contribution >= 0.6 is 0 Å². The Morgan fingerprint density at radius 3 is 2.33 bits per heavy atom. The van der Waals surface area contributed by atoms with Crippen LogP contribution in [0.4, 0.5) is 4.39 Å². The van der Waals surface area contributed by atoms with Crippen molar-refractivity contribution in [2.45, 2.75) is 59.8 Å². The van der Waals surface area contributed by atoms with Gasteiger partial charge in [-0.3, -0.25) is 0 Å². The van der Waals surface area contributed by atoms with Gasteiger partial charge >= 0.3 is 5.97 Å². The van der Waals surface area contributed by atoms with Crippen LogP contribution in [0.1, 0.15) is 55.7 Å². The zero-order valence-corrected chi connectivity index (χ0v) is 13.5. The van der Waals surface area contributed by atoms with Gasteiger partial charge in [-0.1, -0.05) is 43.9 Å². The smallest absolute Gasteiger partial charge is 0.372 e. The van der Waals surface area contributed by atoms with Crippen LogP contribution in [-0.2, 0) is 4.79 Å². The highest BCUT2D eigenvalue weighted by atomic mass is 19.1. The van der Waals surface area contributed by atoms with Gasteiger partial charge < -0.3 is 4.74 Å². The third-order valence-electron chi connectivity index (χ3n) is 3.38. The van der Waals surface area contributed by atoms with Crippen molar-refractivity contribution in [1.29, 1.82) is 0 Å². The number of aryl methyl sites for hydroxylation is 3. The van der Waals surface area contributed by atoms with E-state index in [2.05, 4.69) is 6.92 Å². The van der Waals surface area contributed by atoms with Crippen molar-refractivity contribution in [3.05, 3.63) is 40.7 Å². The number of esters is 1. The molecule has 0 atom stereocenters. The van der Waals surface area contributed by atoms with E-state index >= 15 is 0 Å². The molecule has 1 aromatic carbocycles. The van der Waals surface area contributed by atoms with Gasteiger partial charge in [-0.05, 0) is 50.8 Å². The maximum atomic E-state index is 13.7. The number of allylic oxidation sites excluding steroid dienone is 1. The molecule has 0 heterocycles. The molecule has 0 aliphatic carbocycles. The molecule has 0 amide bonds. The Morgan fingerprint density at radius 2 is 1.76 bits per heavy atom. The van der Waals surface area contributed by atoms with Gasteiger partial charge in [0.25, 0.3) is 0 Å². The number of halogens is 1. The summed E-state index contributed by atoms with van der Waals surface area (Å²) in [5.74, 6) is -1.24. The van der Waals surface area contributed by atoms with Crippen molar-refractivity contribution >= 4 is 5.97 Å². The lowest BCUT2D eigenvalue weighted by Gasteiger charge is -2.10. The van der Waals surface area contributed by atoms with E-state index in [1.165, 1.54) is 6.08 Å². The molecule has 1 rings (SSSR count). The van der Waals surface area contributed by atoms with E-state index in [0.29, 0.717) is 12.2 Å². The van der Waals surface area contributed by atoms with E-state index in [0.717, 1.165) is 42.4 Å². The van der Waals surface area contributed by atoms with Crippen molar-refractivity contribution in [1.82, 2.24) is 0 Å². The molecule has 0 fully saturated rings. The summed E-state index contributed by atoms with van der Waals surface area (Å²) in [6, 6.07) is 3.84. The first-order chi connectivity index (χ1) is 9.95. The first-order valence-corrected chi connectivity index (χ1v) is 7.61. The third kappa shape index (κ3) is 5.70. The minimum absolute atomic E-state index is 0.458. The molecule has 0 spiro atoms. The molecule has 2 nitrogen and oxygen atoms in total. The van der Waals surface area contributed by atoms with E-state index in [4.69, 9.17) is 4.74 Å². The Labute approximate surface area is 127 Å². The van der Waals surface area contributed by atoms with Gasteiger partial charge in [0.15, 0.2) is 0 Å². The minimum atomic E-state index is -0.902. The maximum Gasteiger partial charge on any atom is 0.372 e. The summed E-state index contributed by atoms with van der Waals surface area (Å²) < 4.78 is 18.9. The highest BCUT2D eigenvalue weighted by Gasteiger charge is 2.14. The van der Waals surface area contributed by atoms with Crippen molar-refractivity contribution in [2.24, 2.45) is 0 Å². The Morgan fingerprint density at radius 1 is 1.14 bits per heavy atom. The van der Waals surface area contributed by atoms with Gasteiger partial charge in [0.1, 0.15) is 5.75 Å². The largest absolute Gasteiger partial charge is 0.421 e. The number of ether oxygens (including phenoxy) is 1. The summed E-state index contributed by atoms with van der Waals surface area (Å²) in [7, 11) is 0. The van der Waals surface area contributed by atoms with Crippen LogP contribution in [0.25, 0.3) is 0 Å². The number of rotatable bonds is 7. The maximum absolute atomic E-state index is 13.7. The molecular formula is C18H25FO2. The molecule has 1 aromatic rings. The van der Waals surface area contributed by atoms with E-state index < -0.39 is 11.8 Å². The van der Waals surface area contributed by atoms with Crippen LogP contribution in [0.3, 0.4) is 0 Å². The highest BCUT2D eigenvalue weighted by molar-refractivity contribution is 5.88. The number of carbonyl (C=O) groups is 1. The van der Waals surface area contributed by atoms with Crippen LogP contribution in [0.2, 0.25) is 0 Å². The number of hydrogen-bond acceptors (Lipinski definition) is 2. The van der Waals surface area contributed by atoms with Crippen molar-refractivity contribution in [3.63, 3.8) is 0 Å². The van der Waals surface area contributed by atoms with Crippen LogP contribution < -0.4 is 4.74 Å². The van der Waals surface area contributed by atoms with Gasteiger partial charge in [0.05, 0.1) is 0 Å². The summed E-state index contributed by atoms with van der Waals surface area (Å²) >= 11 is 0. The Bertz CT molecular complexity index is 495. The lowest BCUT2D eigenvalue weighted by Crippen LogP contribution is -2.10. The summed E-state index contributed by atoms with van der Waals surface area (Å²) in [4.78, 5) is 11.8. The zero-order valence-electron chi connectivity index (χ0n) is 13.5. The Hall–Kier alpha value is -1.64. The molecule has 116 valence electrons. The van der Waals surface area contributed by atoms with E-state index in [9.17, 15) is 9.18 Å². The second-order valence-corrected chi connectivity index (χ2v) is 5.52. The van der Waals surface area contributed by atoms with Crippen molar-refractivity contribution in [3.8, 4) is 5.75 Å². The van der Waals surface area contributed by atoms with Crippen LogP contribution in [0.15, 0.2) is 24.0 Å². The SMILES string of the molecule is CCCCCC/C=C(\F)C(=O)Oc1c(C)cc(C)cc1C. The standard InChI is InChI=1S/C18H25FO2/c1-5-6-7-8-9-10-16(19)18(20)21-17-14(3)11-13(2)12-15(17)4/h10-12H,5-9H2,1-4H3/b16-10-. The number of unbranched alkanes of at least 4 members (excludes halogenated alkanes) is 4. The van der Waals surface area contributed by atoms with Gasteiger partial charge in [-0.2, -0.15) is 4.39 Å². The van der Waals surface area contributed by atoms with Gasteiger partial charge in [-0.25, -0.2) is 4.79 Å². The molecule has 0 bridgehead atoms. The molecule has 0 saturated heterocycles. The fraction of sp³-hybridized carbons (Fsp3) is 0.500. The van der Waals surface area contributed by atoms with Crippen LogP contribution in [0, 0.1) is 20.8 Å². The molecule has 0 N–H and O–H groups in total. The van der Waals surface area contributed by atoms with Crippen LogP contribution in [-0.4, -0.2) is 5.97 Å². The first kappa shape index (κ1) is 17.4. The molecule has 21 heavy (non-hydrogen) atoms. The van der Waals surface area contributed by atoms with E-state index in [1.807, 2.05) is 32.9 Å². The second-order valence-electron chi connectivity index (χ2n) is 5.52. The highest BCUT2D eigenvalue weighted by Crippen LogP contribution is 2.25. The average molecular weight is 292 g/mol. The lowest BCUT2D eigenvalue weighted by atomic mass is 10.1. The molecule has 3 heteroatoms. The van der Waals surface area contributed by atoms with Crippen molar-refractivity contribution in [2.75, 3.05) is 0 Å². The van der Waals surface area contributed by atoms with Crippen LogP contribution in [0.5, 0.6) is 5.75 Å². The molecule has 0 aliphatic heterocycles. The fourth-order valence-corrected chi connectivity index (χ4v) is 2.35. The van der Waals surface area contributed by atoms with E-state index in [-0.39, 0.29) is 0 Å². The zero-order chi connectivity index (χ0) is 15.8. The molecule has 0 aromatic heterocycles. The van der Waals surface area contributed by atoms with Gasteiger partial charge in [0.2, 0.25) is 5.83 Å². The third-order valence-corrected chi connectivity index (χ3v) is 3.38. The number of hydrogen-bond donors (Lipinski definition) is 0. The average Bonchev–Trinajstić information content (AvgIpc) is 2.42. The lowest BCUT2D eigenvalue weighted by molar-refractivity contribution is -0.131. The molecular weight excluding hydrogens is 267 g/mol. The second kappa shape index (κ2) is 8.60. The minimum Gasteiger partial charge on any atom is -0.421 e. The topological polar surface area (TPSA) is 26.3 Å². The monoisotopic (exact) mass is 292 g/mol.